The average Bonchev–Trinajstić information content (AvgIpc) is 2.48. The van der Waals surface area contributed by atoms with Crippen molar-refractivity contribution >= 4 is 23.1 Å². The van der Waals surface area contributed by atoms with E-state index in [0.717, 1.165) is 6.20 Å². The zero-order valence-electron chi connectivity index (χ0n) is 12.3. The average molecular weight is 316 g/mol. The number of nitrogens with one attached hydrogen (secondary N) is 1. The molecule has 0 atom stereocenters. The summed E-state index contributed by atoms with van der Waals surface area (Å²) >= 11 is 0. The minimum Gasteiger partial charge on any atom is -0.306 e. The summed E-state index contributed by atoms with van der Waals surface area (Å²) in [5, 5.41) is 24.1. The molecule has 9 heteroatoms. The largest absolute Gasteiger partial charge is 0.306 e. The molecule has 0 spiro atoms. The van der Waals surface area contributed by atoms with Gasteiger partial charge in [0.2, 0.25) is 0 Å². The lowest BCUT2D eigenvalue weighted by atomic mass is 10.1. The van der Waals surface area contributed by atoms with Crippen molar-refractivity contribution in [2.45, 2.75) is 13.8 Å². The Hall–Kier alpha value is -3.36. The number of aromatic nitrogens is 1. The number of carbonyl (C=O) groups is 1. The van der Waals surface area contributed by atoms with Crippen LogP contribution in [-0.2, 0) is 0 Å². The second-order valence-electron chi connectivity index (χ2n) is 4.78. The van der Waals surface area contributed by atoms with Crippen LogP contribution in [0.3, 0.4) is 0 Å². The predicted octanol–water partition coefficient (Wildman–Crippen LogP) is 2.77. The Morgan fingerprint density at radius 3 is 2.43 bits per heavy atom. The third-order valence-corrected chi connectivity index (χ3v) is 3.25. The van der Waals surface area contributed by atoms with Gasteiger partial charge in [0.05, 0.1) is 9.85 Å². The summed E-state index contributed by atoms with van der Waals surface area (Å²) < 4.78 is 0. The lowest BCUT2D eigenvalue weighted by molar-refractivity contribution is -0.385. The molecular weight excluding hydrogens is 304 g/mol. The molecule has 2 rings (SSSR count). The number of amides is 1. The fourth-order valence-electron chi connectivity index (χ4n) is 2.03. The van der Waals surface area contributed by atoms with Crippen molar-refractivity contribution in [3.63, 3.8) is 0 Å². The number of hydrogen-bond acceptors (Lipinski definition) is 6. The first kappa shape index (κ1) is 16.0. The highest BCUT2D eigenvalue weighted by Crippen LogP contribution is 2.23. The zero-order chi connectivity index (χ0) is 17.1. The van der Waals surface area contributed by atoms with E-state index in [0.29, 0.717) is 5.56 Å². The number of anilines is 1. The number of rotatable bonds is 4. The maximum Gasteiger partial charge on any atom is 0.287 e. The molecule has 118 valence electrons. The van der Waals surface area contributed by atoms with Crippen molar-refractivity contribution in [2.24, 2.45) is 0 Å². The summed E-state index contributed by atoms with van der Waals surface area (Å²) in [5.74, 6) is -0.415. The molecule has 1 aromatic carbocycles. The van der Waals surface area contributed by atoms with E-state index in [1.807, 2.05) is 0 Å². The van der Waals surface area contributed by atoms with Gasteiger partial charge in [0.25, 0.3) is 17.3 Å². The van der Waals surface area contributed by atoms with Gasteiger partial charge in [-0.25, -0.2) is 4.98 Å². The van der Waals surface area contributed by atoms with Gasteiger partial charge in [0.15, 0.2) is 0 Å². The van der Waals surface area contributed by atoms with Crippen LogP contribution in [-0.4, -0.2) is 20.7 Å². The van der Waals surface area contributed by atoms with E-state index in [4.69, 9.17) is 0 Å². The Kier molecular flexibility index (Phi) is 4.30. The molecule has 0 bridgehead atoms. The molecular formula is C14H12N4O5. The molecule has 2 aromatic rings. The molecule has 0 saturated heterocycles. The molecule has 0 aliphatic rings. The van der Waals surface area contributed by atoms with Gasteiger partial charge in [0, 0.05) is 23.3 Å². The predicted molar refractivity (Wildman–Crippen MR) is 81.4 cm³/mol. The van der Waals surface area contributed by atoms with Crippen LogP contribution < -0.4 is 5.32 Å². The van der Waals surface area contributed by atoms with Gasteiger partial charge < -0.3 is 5.32 Å². The highest BCUT2D eigenvalue weighted by Gasteiger charge is 2.19. The zero-order valence-corrected chi connectivity index (χ0v) is 12.3. The van der Waals surface area contributed by atoms with E-state index in [-0.39, 0.29) is 28.3 Å². The fourth-order valence-corrected chi connectivity index (χ4v) is 2.03. The van der Waals surface area contributed by atoms with Gasteiger partial charge in [-0.3, -0.25) is 25.0 Å². The molecule has 1 amide bonds. The fraction of sp³-hybridized carbons (Fsp3) is 0.143. The molecule has 9 nitrogen and oxygen atoms in total. The van der Waals surface area contributed by atoms with Crippen molar-refractivity contribution in [2.75, 3.05) is 5.32 Å². The molecule has 0 aliphatic carbocycles. The SMILES string of the molecule is Cc1cc([N+](=O)[O-])cnc1NC(=O)c1cccc([N+](=O)[O-])c1C. The number of carbonyl (C=O) groups excluding carboxylic acids is 1. The van der Waals surface area contributed by atoms with Crippen LogP contribution in [0.25, 0.3) is 0 Å². The normalized spacial score (nSPS) is 10.2. The van der Waals surface area contributed by atoms with Crippen molar-refractivity contribution < 1.29 is 14.6 Å². The quantitative estimate of drug-likeness (QED) is 0.682. The van der Waals surface area contributed by atoms with Crippen molar-refractivity contribution in [3.8, 4) is 0 Å². The molecule has 0 saturated carbocycles. The Morgan fingerprint density at radius 2 is 1.87 bits per heavy atom. The Labute approximate surface area is 130 Å². The van der Waals surface area contributed by atoms with Crippen LogP contribution in [0.2, 0.25) is 0 Å². The summed E-state index contributed by atoms with van der Waals surface area (Å²) in [4.78, 5) is 36.5. The number of nitrogens with zero attached hydrogens (tertiary/aromatic N) is 3. The van der Waals surface area contributed by atoms with E-state index in [1.165, 1.54) is 31.2 Å². The third kappa shape index (κ3) is 3.28. The van der Waals surface area contributed by atoms with Gasteiger partial charge in [0.1, 0.15) is 12.0 Å². The van der Waals surface area contributed by atoms with E-state index >= 15 is 0 Å². The summed E-state index contributed by atoms with van der Waals surface area (Å²) in [5.41, 5.74) is 0.432. The Morgan fingerprint density at radius 1 is 1.17 bits per heavy atom. The van der Waals surface area contributed by atoms with E-state index < -0.39 is 15.8 Å². The van der Waals surface area contributed by atoms with Crippen LogP contribution >= 0.6 is 0 Å². The highest BCUT2D eigenvalue weighted by molar-refractivity contribution is 6.05. The standard InChI is InChI=1S/C14H12N4O5/c1-8-6-10(17(20)21)7-15-13(8)16-14(19)11-4-3-5-12(9(11)2)18(22)23/h3-7H,1-2H3,(H,15,16,19). The molecule has 1 aromatic heterocycles. The minimum atomic E-state index is -0.587. The van der Waals surface area contributed by atoms with Crippen molar-refractivity contribution in [1.82, 2.24) is 4.98 Å². The first-order valence-electron chi connectivity index (χ1n) is 6.47. The van der Waals surface area contributed by atoms with E-state index in [1.54, 1.807) is 6.92 Å². The van der Waals surface area contributed by atoms with Gasteiger partial charge in [-0.15, -0.1) is 0 Å². The molecule has 0 aliphatic heterocycles. The van der Waals surface area contributed by atoms with Crippen LogP contribution in [0.5, 0.6) is 0 Å². The van der Waals surface area contributed by atoms with Crippen molar-refractivity contribution in [3.05, 3.63) is 67.4 Å². The second-order valence-corrected chi connectivity index (χ2v) is 4.78. The van der Waals surface area contributed by atoms with Crippen LogP contribution in [0, 0.1) is 34.1 Å². The summed E-state index contributed by atoms with van der Waals surface area (Å²) in [6, 6.07) is 5.46. The highest BCUT2D eigenvalue weighted by atomic mass is 16.6. The van der Waals surface area contributed by atoms with Crippen LogP contribution in [0.1, 0.15) is 21.5 Å². The van der Waals surface area contributed by atoms with Gasteiger partial charge in [-0.05, 0) is 25.5 Å². The van der Waals surface area contributed by atoms with Gasteiger partial charge in [-0.1, -0.05) is 6.07 Å². The van der Waals surface area contributed by atoms with Crippen LogP contribution in [0.15, 0.2) is 30.5 Å². The first-order chi connectivity index (χ1) is 10.8. The lowest BCUT2D eigenvalue weighted by Gasteiger charge is -2.09. The summed E-state index contributed by atoms with van der Waals surface area (Å²) in [6.45, 7) is 3.04. The van der Waals surface area contributed by atoms with Gasteiger partial charge >= 0.3 is 0 Å². The number of benzene rings is 1. The maximum absolute atomic E-state index is 12.3. The molecule has 1 heterocycles. The number of aryl methyl sites for hydroxylation is 1. The minimum absolute atomic E-state index is 0.138. The van der Waals surface area contributed by atoms with Crippen LogP contribution in [0.4, 0.5) is 17.2 Å². The topological polar surface area (TPSA) is 128 Å². The monoisotopic (exact) mass is 316 g/mol. The Balaban J connectivity index is 2.31. The molecule has 0 radical (unpaired) electrons. The lowest BCUT2D eigenvalue weighted by Crippen LogP contribution is -2.16. The Bertz CT molecular complexity index is 819. The number of nitro benzene ring substituents is 1. The van der Waals surface area contributed by atoms with Crippen molar-refractivity contribution in [1.29, 1.82) is 0 Å². The first-order valence-corrected chi connectivity index (χ1v) is 6.47. The second kappa shape index (κ2) is 6.18. The maximum atomic E-state index is 12.3. The molecule has 0 fully saturated rings. The smallest absolute Gasteiger partial charge is 0.287 e. The summed E-state index contributed by atoms with van der Waals surface area (Å²) in [6.07, 6.45) is 1.03. The van der Waals surface area contributed by atoms with E-state index in [2.05, 4.69) is 10.3 Å². The van der Waals surface area contributed by atoms with E-state index in [9.17, 15) is 25.0 Å². The molecule has 0 unspecified atom stereocenters. The molecule has 1 N–H and O–H groups in total. The molecule has 23 heavy (non-hydrogen) atoms. The number of hydrogen-bond donors (Lipinski definition) is 1. The number of nitro groups is 2. The number of pyridine rings is 1. The summed E-state index contributed by atoms with van der Waals surface area (Å²) in [7, 11) is 0. The third-order valence-electron chi connectivity index (χ3n) is 3.25. The van der Waals surface area contributed by atoms with Gasteiger partial charge in [-0.2, -0.15) is 0 Å².